The van der Waals surface area contributed by atoms with Crippen LogP contribution >= 0.6 is 0 Å². The summed E-state index contributed by atoms with van der Waals surface area (Å²) in [6.07, 6.45) is 0. The van der Waals surface area contributed by atoms with E-state index in [0.29, 0.717) is 0 Å². The van der Waals surface area contributed by atoms with Crippen LogP contribution in [0.1, 0.15) is 19.4 Å². The summed E-state index contributed by atoms with van der Waals surface area (Å²) < 4.78 is 0. The van der Waals surface area contributed by atoms with E-state index in [0.717, 1.165) is 5.69 Å². The van der Waals surface area contributed by atoms with E-state index >= 15 is 0 Å². The third kappa shape index (κ3) is 13.5. The van der Waals surface area contributed by atoms with Gasteiger partial charge in [-0.05, 0) is 38.5 Å². The molecule has 0 aromatic heterocycles. The lowest BCUT2D eigenvalue weighted by molar-refractivity contribution is 0.318. The molecule has 3 nitrogen and oxygen atoms in total. The van der Waals surface area contributed by atoms with Gasteiger partial charge in [-0.3, -0.25) is 0 Å². The van der Waals surface area contributed by atoms with Crippen molar-refractivity contribution in [2.75, 3.05) is 18.9 Å². The Bertz CT molecular complexity index is 195. The molecule has 0 fully saturated rings. The van der Waals surface area contributed by atoms with Crippen LogP contribution in [0.2, 0.25) is 0 Å². The molecule has 0 aliphatic heterocycles. The molecule has 0 aliphatic rings. The molecule has 82 valence electrons. The lowest BCUT2D eigenvalue weighted by Gasteiger charge is -1.91. The number of anilines is 1. The zero-order valence-electron chi connectivity index (χ0n) is 9.20. The molecule has 3 heteroatoms. The van der Waals surface area contributed by atoms with Crippen molar-refractivity contribution in [2.24, 2.45) is 0 Å². The van der Waals surface area contributed by atoms with Gasteiger partial charge in [-0.15, -0.1) is 0 Å². The number of rotatable bonds is 0. The third-order valence-electron chi connectivity index (χ3n) is 1.04. The zero-order valence-corrected chi connectivity index (χ0v) is 9.20. The first kappa shape index (κ1) is 15.4. The average molecular weight is 199 g/mol. The first-order valence-electron chi connectivity index (χ1n) is 4.66. The largest absolute Gasteiger partial charge is 0.399 e. The van der Waals surface area contributed by atoms with Crippen molar-refractivity contribution in [1.82, 2.24) is 0 Å². The van der Waals surface area contributed by atoms with Gasteiger partial charge in [0.2, 0.25) is 0 Å². The SMILES string of the molecule is CCO.CCO.Cc1cccc(N)c1. The minimum Gasteiger partial charge on any atom is -0.399 e. The van der Waals surface area contributed by atoms with Gasteiger partial charge in [0, 0.05) is 18.9 Å². The van der Waals surface area contributed by atoms with Gasteiger partial charge in [0.1, 0.15) is 0 Å². The maximum absolute atomic E-state index is 7.57. The summed E-state index contributed by atoms with van der Waals surface area (Å²) in [5, 5.41) is 15.1. The van der Waals surface area contributed by atoms with Crippen LogP contribution in [-0.2, 0) is 0 Å². The first-order chi connectivity index (χ1) is 6.62. The number of benzene rings is 1. The van der Waals surface area contributed by atoms with Crippen molar-refractivity contribution < 1.29 is 10.2 Å². The zero-order chi connectivity index (χ0) is 11.4. The smallest absolute Gasteiger partial charge is 0.0402 e. The second kappa shape index (κ2) is 11.9. The molecular formula is C11H21NO2. The highest BCUT2D eigenvalue weighted by atomic mass is 16.3. The van der Waals surface area contributed by atoms with E-state index < -0.39 is 0 Å². The monoisotopic (exact) mass is 199 g/mol. The Morgan fingerprint density at radius 1 is 1.14 bits per heavy atom. The van der Waals surface area contributed by atoms with Crippen LogP contribution in [-0.4, -0.2) is 23.4 Å². The topological polar surface area (TPSA) is 66.5 Å². The summed E-state index contributed by atoms with van der Waals surface area (Å²) in [6.45, 7) is 5.89. The number of nitrogen functional groups attached to an aromatic ring is 1. The van der Waals surface area contributed by atoms with Gasteiger partial charge < -0.3 is 15.9 Å². The molecule has 1 aromatic carbocycles. The van der Waals surface area contributed by atoms with Crippen molar-refractivity contribution in [3.05, 3.63) is 29.8 Å². The average Bonchev–Trinajstić information content (AvgIpc) is 2.06. The van der Waals surface area contributed by atoms with Gasteiger partial charge in [-0.1, -0.05) is 12.1 Å². The summed E-state index contributed by atoms with van der Waals surface area (Å²) in [6, 6.07) is 7.80. The number of nitrogens with two attached hydrogens (primary N) is 1. The highest BCUT2D eigenvalue weighted by Gasteiger charge is 1.81. The summed E-state index contributed by atoms with van der Waals surface area (Å²) in [5.41, 5.74) is 7.51. The lowest BCUT2D eigenvalue weighted by Crippen LogP contribution is -1.82. The quantitative estimate of drug-likeness (QED) is 0.556. The highest BCUT2D eigenvalue weighted by Crippen LogP contribution is 2.03. The predicted molar refractivity (Wildman–Crippen MR) is 61.1 cm³/mol. The Kier molecular flexibility index (Phi) is 13.1. The summed E-state index contributed by atoms with van der Waals surface area (Å²) in [7, 11) is 0. The molecule has 0 unspecified atom stereocenters. The fourth-order valence-electron chi connectivity index (χ4n) is 0.670. The molecule has 0 heterocycles. The molecule has 0 spiro atoms. The van der Waals surface area contributed by atoms with E-state index in [-0.39, 0.29) is 13.2 Å². The number of hydrogen-bond donors (Lipinski definition) is 3. The van der Waals surface area contributed by atoms with Crippen molar-refractivity contribution in [3.8, 4) is 0 Å². The molecule has 0 radical (unpaired) electrons. The molecule has 0 amide bonds. The second-order valence-electron chi connectivity index (χ2n) is 2.55. The fraction of sp³-hybridized carbons (Fsp3) is 0.455. The third-order valence-corrected chi connectivity index (χ3v) is 1.04. The standard InChI is InChI=1S/C7H9N.2C2H6O/c1-6-3-2-4-7(8)5-6;2*1-2-3/h2-5H,8H2,1H3;2*3H,2H2,1H3. The van der Waals surface area contributed by atoms with Crippen LogP contribution in [0.4, 0.5) is 5.69 Å². The van der Waals surface area contributed by atoms with Gasteiger partial charge in [-0.25, -0.2) is 0 Å². The van der Waals surface area contributed by atoms with Gasteiger partial charge in [0.25, 0.3) is 0 Å². The van der Waals surface area contributed by atoms with E-state index in [1.807, 2.05) is 31.2 Å². The van der Waals surface area contributed by atoms with E-state index in [1.165, 1.54) is 5.56 Å². The molecule has 0 atom stereocenters. The Hall–Kier alpha value is -1.06. The van der Waals surface area contributed by atoms with E-state index in [2.05, 4.69) is 0 Å². The van der Waals surface area contributed by atoms with Crippen LogP contribution in [0.15, 0.2) is 24.3 Å². The van der Waals surface area contributed by atoms with Crippen molar-refractivity contribution in [2.45, 2.75) is 20.8 Å². The summed E-state index contributed by atoms with van der Waals surface area (Å²) in [5.74, 6) is 0. The van der Waals surface area contributed by atoms with Gasteiger partial charge in [-0.2, -0.15) is 0 Å². The second-order valence-corrected chi connectivity index (χ2v) is 2.55. The summed E-state index contributed by atoms with van der Waals surface area (Å²) >= 11 is 0. The normalized spacial score (nSPS) is 7.79. The maximum atomic E-state index is 7.57. The molecule has 0 aliphatic carbocycles. The fourth-order valence-corrected chi connectivity index (χ4v) is 0.670. The maximum Gasteiger partial charge on any atom is 0.0402 e. The van der Waals surface area contributed by atoms with Gasteiger partial charge in [0.05, 0.1) is 0 Å². The molecular weight excluding hydrogens is 178 g/mol. The minimum atomic E-state index is 0.250. The number of aliphatic hydroxyl groups is 2. The molecule has 1 aromatic rings. The van der Waals surface area contributed by atoms with Crippen molar-refractivity contribution >= 4 is 5.69 Å². The highest BCUT2D eigenvalue weighted by molar-refractivity contribution is 5.39. The predicted octanol–water partition coefficient (Wildman–Crippen LogP) is 1.57. The van der Waals surface area contributed by atoms with Crippen LogP contribution in [0.5, 0.6) is 0 Å². The van der Waals surface area contributed by atoms with Crippen LogP contribution in [0, 0.1) is 6.92 Å². The molecule has 0 bridgehead atoms. The van der Waals surface area contributed by atoms with Gasteiger partial charge in [0.15, 0.2) is 0 Å². The number of aryl methyl sites for hydroxylation is 1. The van der Waals surface area contributed by atoms with E-state index in [1.54, 1.807) is 13.8 Å². The Balaban J connectivity index is 0. The number of aliphatic hydroxyl groups excluding tert-OH is 2. The van der Waals surface area contributed by atoms with E-state index in [9.17, 15) is 0 Å². The molecule has 14 heavy (non-hydrogen) atoms. The Morgan fingerprint density at radius 3 is 1.79 bits per heavy atom. The Morgan fingerprint density at radius 2 is 1.57 bits per heavy atom. The van der Waals surface area contributed by atoms with Crippen molar-refractivity contribution in [1.29, 1.82) is 0 Å². The molecule has 1 rings (SSSR count). The molecule has 4 N–H and O–H groups in total. The minimum absolute atomic E-state index is 0.250. The number of hydrogen-bond acceptors (Lipinski definition) is 3. The summed E-state index contributed by atoms with van der Waals surface area (Å²) in [4.78, 5) is 0. The Labute approximate surface area is 86.2 Å². The molecule has 0 saturated heterocycles. The van der Waals surface area contributed by atoms with Crippen LogP contribution in [0.3, 0.4) is 0 Å². The molecule has 0 saturated carbocycles. The van der Waals surface area contributed by atoms with Crippen LogP contribution < -0.4 is 5.73 Å². The first-order valence-corrected chi connectivity index (χ1v) is 4.66. The lowest BCUT2D eigenvalue weighted by atomic mass is 10.2. The van der Waals surface area contributed by atoms with E-state index in [4.69, 9.17) is 15.9 Å². The van der Waals surface area contributed by atoms with Gasteiger partial charge >= 0.3 is 0 Å². The van der Waals surface area contributed by atoms with Crippen LogP contribution in [0.25, 0.3) is 0 Å². The van der Waals surface area contributed by atoms with Crippen molar-refractivity contribution in [3.63, 3.8) is 0 Å².